The molecule has 1 aromatic carbocycles. The highest BCUT2D eigenvalue weighted by Crippen LogP contribution is 2.21. The molecule has 0 heterocycles. The SMILES string of the molecule is N#Cc1cc(C=O)c(C=O)c([N+](=O)[O-])c1. The van der Waals surface area contributed by atoms with E-state index < -0.39 is 10.6 Å². The molecule has 0 bridgehead atoms. The number of carbonyl (C=O) groups excluding carboxylic acids is 2. The summed E-state index contributed by atoms with van der Waals surface area (Å²) in [6.07, 6.45) is 0.528. The van der Waals surface area contributed by atoms with Gasteiger partial charge in [0.2, 0.25) is 0 Å². The predicted molar refractivity (Wildman–Crippen MR) is 48.6 cm³/mol. The zero-order valence-corrected chi connectivity index (χ0v) is 7.34. The summed E-state index contributed by atoms with van der Waals surface area (Å²) < 4.78 is 0. The molecule has 0 aromatic heterocycles. The molecule has 0 atom stereocenters. The van der Waals surface area contributed by atoms with E-state index in [4.69, 9.17) is 5.26 Å². The fourth-order valence-electron chi connectivity index (χ4n) is 1.10. The van der Waals surface area contributed by atoms with E-state index in [1.54, 1.807) is 6.07 Å². The summed E-state index contributed by atoms with van der Waals surface area (Å²) >= 11 is 0. The summed E-state index contributed by atoms with van der Waals surface area (Å²) in [5.41, 5.74) is -1.04. The Morgan fingerprint density at radius 1 is 1.33 bits per heavy atom. The minimum absolute atomic E-state index is 0.0330. The van der Waals surface area contributed by atoms with E-state index in [-0.39, 0.29) is 23.0 Å². The monoisotopic (exact) mass is 204 g/mol. The van der Waals surface area contributed by atoms with Crippen LogP contribution in [-0.4, -0.2) is 17.5 Å². The van der Waals surface area contributed by atoms with Crippen LogP contribution < -0.4 is 0 Å². The Labute approximate surface area is 83.9 Å². The van der Waals surface area contributed by atoms with Gasteiger partial charge in [-0.25, -0.2) is 0 Å². The van der Waals surface area contributed by atoms with Gasteiger partial charge >= 0.3 is 0 Å². The number of nitro benzene ring substituents is 1. The van der Waals surface area contributed by atoms with Crippen LogP contribution in [0.4, 0.5) is 5.69 Å². The molecule has 0 fully saturated rings. The Morgan fingerprint density at radius 3 is 2.40 bits per heavy atom. The van der Waals surface area contributed by atoms with Crippen molar-refractivity contribution in [1.82, 2.24) is 0 Å². The van der Waals surface area contributed by atoms with E-state index in [9.17, 15) is 19.7 Å². The van der Waals surface area contributed by atoms with Gasteiger partial charge in [0.05, 0.1) is 16.6 Å². The molecule has 0 unspecified atom stereocenters. The largest absolute Gasteiger partial charge is 0.298 e. The minimum Gasteiger partial charge on any atom is -0.298 e. The Balaban J connectivity index is 3.61. The summed E-state index contributed by atoms with van der Waals surface area (Å²) in [6.45, 7) is 0. The molecule has 0 spiro atoms. The van der Waals surface area contributed by atoms with Crippen molar-refractivity contribution in [3.63, 3.8) is 0 Å². The molecule has 6 nitrogen and oxygen atoms in total. The topological polar surface area (TPSA) is 101 Å². The maximum Gasteiger partial charge on any atom is 0.281 e. The molecule has 6 heteroatoms. The zero-order valence-electron chi connectivity index (χ0n) is 7.34. The van der Waals surface area contributed by atoms with Crippen molar-refractivity contribution in [3.05, 3.63) is 38.9 Å². The Morgan fingerprint density at radius 2 is 2.00 bits per heavy atom. The molecule has 0 aliphatic carbocycles. The molecule has 0 N–H and O–H groups in total. The molecule has 74 valence electrons. The highest BCUT2D eigenvalue weighted by molar-refractivity contribution is 5.94. The summed E-state index contributed by atoms with van der Waals surface area (Å²) in [7, 11) is 0. The van der Waals surface area contributed by atoms with E-state index in [0.717, 1.165) is 12.1 Å². The first-order chi connectivity index (χ1) is 7.13. The number of nitro groups is 1. The molecule has 1 aromatic rings. The van der Waals surface area contributed by atoms with Gasteiger partial charge in [-0.05, 0) is 6.07 Å². The van der Waals surface area contributed by atoms with Crippen LogP contribution in [0.25, 0.3) is 0 Å². The number of hydrogen-bond donors (Lipinski definition) is 0. The third-order valence-electron chi connectivity index (χ3n) is 1.76. The molecule has 0 amide bonds. The number of hydrogen-bond acceptors (Lipinski definition) is 5. The summed E-state index contributed by atoms with van der Waals surface area (Å²) in [4.78, 5) is 30.8. The van der Waals surface area contributed by atoms with E-state index in [2.05, 4.69) is 0 Å². The average Bonchev–Trinajstić information content (AvgIpc) is 2.26. The van der Waals surface area contributed by atoms with Crippen LogP contribution in [0.15, 0.2) is 12.1 Å². The number of rotatable bonds is 3. The summed E-state index contributed by atoms with van der Waals surface area (Å²) in [5.74, 6) is 0. The zero-order chi connectivity index (χ0) is 11.4. The number of nitrogens with zero attached hydrogens (tertiary/aromatic N) is 2. The van der Waals surface area contributed by atoms with Crippen LogP contribution in [0.1, 0.15) is 26.3 Å². The minimum atomic E-state index is -0.808. The third kappa shape index (κ3) is 1.86. The average molecular weight is 204 g/mol. The smallest absolute Gasteiger partial charge is 0.281 e. The molecule has 0 radical (unpaired) electrons. The Kier molecular flexibility index (Phi) is 2.88. The van der Waals surface area contributed by atoms with Gasteiger partial charge in [-0.1, -0.05) is 0 Å². The second kappa shape index (κ2) is 4.11. The van der Waals surface area contributed by atoms with Gasteiger partial charge in [0.15, 0.2) is 12.6 Å². The molecule has 0 saturated carbocycles. The van der Waals surface area contributed by atoms with Crippen LogP contribution in [0.3, 0.4) is 0 Å². The van der Waals surface area contributed by atoms with Gasteiger partial charge in [0.25, 0.3) is 5.69 Å². The lowest BCUT2D eigenvalue weighted by molar-refractivity contribution is -0.385. The molecular weight excluding hydrogens is 200 g/mol. The van der Waals surface area contributed by atoms with Crippen molar-refractivity contribution in [2.75, 3.05) is 0 Å². The first-order valence-electron chi connectivity index (χ1n) is 3.77. The fourth-order valence-corrected chi connectivity index (χ4v) is 1.10. The van der Waals surface area contributed by atoms with E-state index in [1.807, 2.05) is 0 Å². The molecule has 0 aliphatic rings. The number of benzene rings is 1. The second-order valence-electron chi connectivity index (χ2n) is 2.60. The van der Waals surface area contributed by atoms with Crippen LogP contribution >= 0.6 is 0 Å². The maximum atomic E-state index is 10.6. The lowest BCUT2D eigenvalue weighted by Gasteiger charge is -1.99. The molecule has 0 aliphatic heterocycles. The van der Waals surface area contributed by atoms with Gasteiger partial charge in [0.1, 0.15) is 5.56 Å². The van der Waals surface area contributed by atoms with Crippen molar-refractivity contribution >= 4 is 18.3 Å². The lowest BCUT2D eigenvalue weighted by Crippen LogP contribution is -2.00. The van der Waals surface area contributed by atoms with Crippen molar-refractivity contribution in [1.29, 1.82) is 5.26 Å². The normalized spacial score (nSPS) is 9.00. The third-order valence-corrected chi connectivity index (χ3v) is 1.76. The molecule has 1 rings (SSSR count). The predicted octanol–water partition coefficient (Wildman–Crippen LogP) is 1.09. The summed E-state index contributed by atoms with van der Waals surface area (Å²) in [6, 6.07) is 3.75. The van der Waals surface area contributed by atoms with Crippen molar-refractivity contribution in [2.45, 2.75) is 0 Å². The van der Waals surface area contributed by atoms with Crippen LogP contribution in [0.5, 0.6) is 0 Å². The number of carbonyl (C=O) groups is 2. The number of nitriles is 1. The maximum absolute atomic E-state index is 10.6. The van der Waals surface area contributed by atoms with Gasteiger partial charge in [-0.15, -0.1) is 0 Å². The highest BCUT2D eigenvalue weighted by atomic mass is 16.6. The van der Waals surface area contributed by atoms with E-state index in [1.165, 1.54) is 0 Å². The summed E-state index contributed by atoms with van der Waals surface area (Å²) in [5, 5.41) is 19.1. The standard InChI is InChI=1S/C9H4N2O4/c10-3-6-1-7(4-12)8(5-13)9(2-6)11(14)15/h1-2,4-5H. The van der Waals surface area contributed by atoms with E-state index >= 15 is 0 Å². The molecular formula is C9H4N2O4. The quantitative estimate of drug-likeness (QED) is 0.416. The number of aldehydes is 2. The van der Waals surface area contributed by atoms with Crippen LogP contribution in [0.2, 0.25) is 0 Å². The highest BCUT2D eigenvalue weighted by Gasteiger charge is 2.18. The van der Waals surface area contributed by atoms with Crippen molar-refractivity contribution < 1.29 is 14.5 Å². The van der Waals surface area contributed by atoms with E-state index in [0.29, 0.717) is 6.29 Å². The van der Waals surface area contributed by atoms with Gasteiger partial charge < -0.3 is 0 Å². The van der Waals surface area contributed by atoms with Crippen molar-refractivity contribution in [3.8, 4) is 6.07 Å². The second-order valence-corrected chi connectivity index (χ2v) is 2.60. The Hall–Kier alpha value is -2.55. The Bertz CT molecular complexity index is 488. The van der Waals surface area contributed by atoms with Crippen LogP contribution in [-0.2, 0) is 0 Å². The first-order valence-corrected chi connectivity index (χ1v) is 3.77. The van der Waals surface area contributed by atoms with Crippen molar-refractivity contribution in [2.24, 2.45) is 0 Å². The van der Waals surface area contributed by atoms with Gasteiger partial charge in [-0.3, -0.25) is 19.7 Å². The van der Waals surface area contributed by atoms with Gasteiger partial charge in [0, 0.05) is 11.6 Å². The lowest BCUT2D eigenvalue weighted by atomic mass is 10.0. The van der Waals surface area contributed by atoms with Crippen LogP contribution in [0, 0.1) is 21.4 Å². The van der Waals surface area contributed by atoms with Gasteiger partial charge in [-0.2, -0.15) is 5.26 Å². The molecule has 0 saturated heterocycles. The first kappa shape index (κ1) is 10.5. The molecule has 15 heavy (non-hydrogen) atoms. The fraction of sp³-hybridized carbons (Fsp3) is 0.